The summed E-state index contributed by atoms with van der Waals surface area (Å²) in [6.07, 6.45) is 4.30. The van der Waals surface area contributed by atoms with Crippen LogP contribution in [-0.2, 0) is 4.74 Å². The van der Waals surface area contributed by atoms with E-state index in [1.54, 1.807) is 11.3 Å². The van der Waals surface area contributed by atoms with E-state index < -0.39 is 0 Å². The predicted octanol–water partition coefficient (Wildman–Crippen LogP) is 3.76. The molecule has 0 spiro atoms. The van der Waals surface area contributed by atoms with Gasteiger partial charge in [-0.15, -0.1) is 11.3 Å². The molecular weight excluding hydrogens is 256 g/mol. The Labute approximate surface area is 119 Å². The van der Waals surface area contributed by atoms with Crippen LogP contribution >= 0.6 is 11.3 Å². The molecule has 0 saturated carbocycles. The maximum absolute atomic E-state index is 5.54. The highest BCUT2D eigenvalue weighted by Gasteiger charge is 2.06. The zero-order valence-corrected chi connectivity index (χ0v) is 12.5. The largest absolute Gasteiger partial charge is 0.380 e. The Kier molecular flexibility index (Phi) is 5.76. The summed E-state index contributed by atoms with van der Waals surface area (Å²) in [5.41, 5.74) is 2.33. The average molecular weight is 278 g/mol. The lowest BCUT2D eigenvalue weighted by Gasteiger charge is -2.14. The summed E-state index contributed by atoms with van der Waals surface area (Å²) in [5.74, 6) is 0. The number of fused-ring (bicyclic) bond motifs is 1. The number of nitrogens with zero attached hydrogens (tertiary/aromatic N) is 1. The number of rotatable bonds is 8. The summed E-state index contributed by atoms with van der Waals surface area (Å²) in [6, 6.07) is 4.60. The summed E-state index contributed by atoms with van der Waals surface area (Å²) < 4.78 is 6.80. The summed E-state index contributed by atoms with van der Waals surface area (Å²) in [4.78, 5) is 4.47. The van der Waals surface area contributed by atoms with Gasteiger partial charge in [-0.1, -0.05) is 13.3 Å². The fourth-order valence-electron chi connectivity index (χ4n) is 1.91. The molecule has 0 fully saturated rings. The smallest absolute Gasteiger partial charge is 0.0809 e. The van der Waals surface area contributed by atoms with Crippen molar-refractivity contribution in [1.29, 1.82) is 0 Å². The highest BCUT2D eigenvalue weighted by atomic mass is 32.1. The first-order valence-electron chi connectivity index (χ1n) is 6.95. The molecule has 4 heteroatoms. The van der Waals surface area contributed by atoms with Crippen LogP contribution in [0.1, 0.15) is 38.3 Å². The van der Waals surface area contributed by atoms with Gasteiger partial charge in [0.2, 0.25) is 0 Å². The minimum Gasteiger partial charge on any atom is -0.380 e. The normalized spacial score (nSPS) is 12.9. The second-order valence-electron chi connectivity index (χ2n) is 4.71. The zero-order valence-electron chi connectivity index (χ0n) is 11.7. The van der Waals surface area contributed by atoms with Gasteiger partial charge in [0, 0.05) is 25.4 Å². The SMILES string of the molecule is CCCCOCCNC(C)c1cnc2ccsc2c1. The summed E-state index contributed by atoms with van der Waals surface area (Å²) in [6.45, 7) is 6.88. The van der Waals surface area contributed by atoms with Crippen molar-refractivity contribution >= 4 is 21.6 Å². The quantitative estimate of drug-likeness (QED) is 0.746. The summed E-state index contributed by atoms with van der Waals surface area (Å²) >= 11 is 1.74. The van der Waals surface area contributed by atoms with Crippen molar-refractivity contribution in [2.45, 2.75) is 32.7 Å². The van der Waals surface area contributed by atoms with Gasteiger partial charge in [0.25, 0.3) is 0 Å². The van der Waals surface area contributed by atoms with E-state index in [4.69, 9.17) is 4.74 Å². The van der Waals surface area contributed by atoms with Crippen LogP contribution < -0.4 is 5.32 Å². The van der Waals surface area contributed by atoms with Crippen LogP contribution in [0.5, 0.6) is 0 Å². The van der Waals surface area contributed by atoms with Crippen molar-refractivity contribution in [3.63, 3.8) is 0 Å². The van der Waals surface area contributed by atoms with Gasteiger partial charge >= 0.3 is 0 Å². The molecule has 0 amide bonds. The zero-order chi connectivity index (χ0) is 13.5. The number of ether oxygens (including phenoxy) is 1. The highest BCUT2D eigenvalue weighted by Crippen LogP contribution is 2.22. The van der Waals surface area contributed by atoms with Crippen LogP contribution in [-0.4, -0.2) is 24.7 Å². The first kappa shape index (κ1) is 14.4. The Balaban J connectivity index is 1.77. The van der Waals surface area contributed by atoms with Crippen molar-refractivity contribution in [3.05, 3.63) is 29.3 Å². The first-order valence-corrected chi connectivity index (χ1v) is 7.83. The van der Waals surface area contributed by atoms with Gasteiger partial charge < -0.3 is 10.1 Å². The number of unbranched alkanes of at least 4 members (excludes halogenated alkanes) is 1. The lowest BCUT2D eigenvalue weighted by molar-refractivity contribution is 0.131. The van der Waals surface area contributed by atoms with E-state index in [1.807, 2.05) is 6.20 Å². The van der Waals surface area contributed by atoms with Crippen LogP contribution in [0.2, 0.25) is 0 Å². The molecule has 2 aromatic heterocycles. The topological polar surface area (TPSA) is 34.1 Å². The van der Waals surface area contributed by atoms with Gasteiger partial charge in [-0.3, -0.25) is 4.98 Å². The molecule has 19 heavy (non-hydrogen) atoms. The Morgan fingerprint density at radius 2 is 2.32 bits per heavy atom. The summed E-state index contributed by atoms with van der Waals surface area (Å²) in [5, 5.41) is 5.56. The Morgan fingerprint density at radius 1 is 1.42 bits per heavy atom. The third-order valence-corrected chi connectivity index (χ3v) is 4.02. The minimum atomic E-state index is 0.314. The van der Waals surface area contributed by atoms with Gasteiger partial charge in [0.15, 0.2) is 0 Å². The molecule has 0 aliphatic heterocycles. The van der Waals surface area contributed by atoms with E-state index >= 15 is 0 Å². The minimum absolute atomic E-state index is 0.314. The lowest BCUT2D eigenvalue weighted by Crippen LogP contribution is -2.23. The molecule has 0 aromatic carbocycles. The van der Waals surface area contributed by atoms with Crippen molar-refractivity contribution in [2.75, 3.05) is 19.8 Å². The predicted molar refractivity (Wildman–Crippen MR) is 81.8 cm³/mol. The molecule has 2 heterocycles. The van der Waals surface area contributed by atoms with E-state index in [1.165, 1.54) is 16.7 Å². The van der Waals surface area contributed by atoms with Crippen molar-refractivity contribution in [2.24, 2.45) is 0 Å². The number of pyridine rings is 1. The van der Waals surface area contributed by atoms with Crippen LogP contribution in [0.3, 0.4) is 0 Å². The number of hydrogen-bond acceptors (Lipinski definition) is 4. The van der Waals surface area contributed by atoms with Crippen molar-refractivity contribution < 1.29 is 4.74 Å². The molecule has 0 radical (unpaired) electrons. The number of thiophene rings is 1. The number of aromatic nitrogens is 1. The van der Waals surface area contributed by atoms with Crippen LogP contribution in [0.25, 0.3) is 10.2 Å². The molecule has 1 unspecified atom stereocenters. The van der Waals surface area contributed by atoms with Crippen LogP contribution in [0.4, 0.5) is 0 Å². The van der Waals surface area contributed by atoms with E-state index in [0.717, 1.165) is 31.7 Å². The molecule has 3 nitrogen and oxygen atoms in total. The Morgan fingerprint density at radius 3 is 3.16 bits per heavy atom. The summed E-state index contributed by atoms with van der Waals surface area (Å²) in [7, 11) is 0. The molecule has 104 valence electrons. The van der Waals surface area contributed by atoms with Crippen molar-refractivity contribution in [3.8, 4) is 0 Å². The van der Waals surface area contributed by atoms with E-state index in [9.17, 15) is 0 Å². The standard InChI is InChI=1S/C15H22N2OS/c1-3-4-7-18-8-6-16-12(2)13-10-15-14(17-11-13)5-9-19-15/h5,9-12,16H,3-4,6-8H2,1-2H3. The fraction of sp³-hybridized carbons (Fsp3) is 0.533. The second kappa shape index (κ2) is 7.58. The lowest BCUT2D eigenvalue weighted by atomic mass is 10.1. The molecule has 2 rings (SSSR count). The molecule has 2 aromatic rings. The Hall–Kier alpha value is -0.970. The number of nitrogens with one attached hydrogen (secondary N) is 1. The molecule has 1 N–H and O–H groups in total. The van der Waals surface area contributed by atoms with Gasteiger partial charge in [0.1, 0.15) is 0 Å². The molecule has 0 aliphatic rings. The maximum Gasteiger partial charge on any atom is 0.0809 e. The maximum atomic E-state index is 5.54. The Bertz CT molecular complexity index is 498. The molecule has 1 atom stereocenters. The highest BCUT2D eigenvalue weighted by molar-refractivity contribution is 7.17. The molecular formula is C15H22N2OS. The average Bonchev–Trinajstić information content (AvgIpc) is 2.89. The van der Waals surface area contributed by atoms with Gasteiger partial charge in [-0.25, -0.2) is 0 Å². The van der Waals surface area contributed by atoms with Crippen LogP contribution in [0.15, 0.2) is 23.7 Å². The third-order valence-electron chi connectivity index (χ3n) is 3.16. The number of hydrogen-bond donors (Lipinski definition) is 1. The van der Waals surface area contributed by atoms with E-state index in [-0.39, 0.29) is 0 Å². The monoisotopic (exact) mass is 278 g/mol. The second-order valence-corrected chi connectivity index (χ2v) is 5.66. The third kappa shape index (κ3) is 4.27. The fourth-order valence-corrected chi connectivity index (χ4v) is 2.70. The van der Waals surface area contributed by atoms with Gasteiger partial charge in [-0.2, -0.15) is 0 Å². The first-order chi connectivity index (χ1) is 9.31. The van der Waals surface area contributed by atoms with Gasteiger partial charge in [0.05, 0.1) is 16.8 Å². The van der Waals surface area contributed by atoms with E-state index in [0.29, 0.717) is 6.04 Å². The molecule has 0 aliphatic carbocycles. The van der Waals surface area contributed by atoms with Crippen molar-refractivity contribution in [1.82, 2.24) is 10.3 Å². The van der Waals surface area contributed by atoms with E-state index in [2.05, 4.69) is 41.7 Å². The van der Waals surface area contributed by atoms with Gasteiger partial charge in [-0.05, 0) is 36.4 Å². The van der Waals surface area contributed by atoms with Crippen LogP contribution in [0, 0.1) is 0 Å². The molecule has 0 saturated heterocycles. The molecule has 0 bridgehead atoms.